The summed E-state index contributed by atoms with van der Waals surface area (Å²) in [6, 6.07) is 1.29. The molecule has 0 aliphatic carbocycles. The minimum atomic E-state index is 0. The lowest BCUT2D eigenvalue weighted by Crippen LogP contribution is -2.47. The van der Waals surface area contributed by atoms with Crippen molar-refractivity contribution >= 4 is 29.9 Å². The van der Waals surface area contributed by atoms with Crippen LogP contribution in [0.2, 0.25) is 0 Å². The first-order valence-electron chi connectivity index (χ1n) is 9.13. The van der Waals surface area contributed by atoms with E-state index >= 15 is 0 Å². The quantitative estimate of drug-likeness (QED) is 0.374. The Balaban J connectivity index is 0.00000288. The number of morpholine rings is 1. The van der Waals surface area contributed by atoms with E-state index < -0.39 is 0 Å². The lowest BCUT2D eigenvalue weighted by molar-refractivity contribution is 0.0195. The molecule has 2 atom stereocenters. The van der Waals surface area contributed by atoms with E-state index in [1.807, 2.05) is 7.05 Å². The molecule has 24 heavy (non-hydrogen) atoms. The van der Waals surface area contributed by atoms with E-state index in [1.165, 1.54) is 12.8 Å². The molecule has 0 aromatic heterocycles. The van der Waals surface area contributed by atoms with Crippen LogP contribution in [-0.2, 0) is 4.74 Å². The summed E-state index contributed by atoms with van der Waals surface area (Å²) in [7, 11) is 4.09. The first kappa shape index (κ1) is 21.9. The molecule has 6 nitrogen and oxygen atoms in total. The minimum absolute atomic E-state index is 0. The lowest BCUT2D eigenvalue weighted by atomic mass is 10.2. The molecular formula is C17H36IN5O. The topological polar surface area (TPSA) is 43.3 Å². The summed E-state index contributed by atoms with van der Waals surface area (Å²) in [6.45, 7) is 12.6. The first-order valence-corrected chi connectivity index (χ1v) is 9.13. The van der Waals surface area contributed by atoms with Gasteiger partial charge in [-0.15, -0.1) is 24.0 Å². The molecule has 142 valence electrons. The minimum Gasteiger partial charge on any atom is -0.379 e. The molecule has 2 saturated heterocycles. The van der Waals surface area contributed by atoms with Gasteiger partial charge in [0, 0.05) is 58.4 Å². The number of likely N-dealkylation sites (tertiary alicyclic amines) is 1. The number of halogens is 1. The number of hydrogen-bond acceptors (Lipinski definition) is 4. The van der Waals surface area contributed by atoms with E-state index in [2.05, 4.69) is 45.9 Å². The second-order valence-corrected chi connectivity index (χ2v) is 6.75. The normalized spacial score (nSPS) is 24.1. The summed E-state index contributed by atoms with van der Waals surface area (Å²) in [5, 5.41) is 3.54. The van der Waals surface area contributed by atoms with E-state index in [-0.39, 0.29) is 24.0 Å². The van der Waals surface area contributed by atoms with Crippen molar-refractivity contribution in [2.75, 3.05) is 66.6 Å². The van der Waals surface area contributed by atoms with Crippen molar-refractivity contribution in [3.63, 3.8) is 0 Å². The van der Waals surface area contributed by atoms with Crippen LogP contribution in [0.1, 0.15) is 26.7 Å². The molecule has 0 aromatic rings. The third-order valence-electron chi connectivity index (χ3n) is 5.33. The largest absolute Gasteiger partial charge is 0.379 e. The predicted octanol–water partition coefficient (Wildman–Crippen LogP) is 1.32. The van der Waals surface area contributed by atoms with E-state index in [0.29, 0.717) is 12.1 Å². The van der Waals surface area contributed by atoms with Crippen LogP contribution < -0.4 is 5.32 Å². The van der Waals surface area contributed by atoms with Gasteiger partial charge in [0.2, 0.25) is 0 Å². The van der Waals surface area contributed by atoms with E-state index in [4.69, 9.17) is 4.74 Å². The molecule has 0 spiro atoms. The third kappa shape index (κ3) is 6.31. The van der Waals surface area contributed by atoms with Crippen LogP contribution in [0.4, 0.5) is 0 Å². The van der Waals surface area contributed by atoms with Crippen molar-refractivity contribution in [1.29, 1.82) is 0 Å². The van der Waals surface area contributed by atoms with E-state index in [0.717, 1.165) is 58.4 Å². The van der Waals surface area contributed by atoms with Gasteiger partial charge in [0.1, 0.15) is 0 Å². The average Bonchev–Trinajstić information content (AvgIpc) is 3.08. The Morgan fingerprint density at radius 2 is 2.04 bits per heavy atom. The summed E-state index contributed by atoms with van der Waals surface area (Å²) < 4.78 is 5.46. The first-order chi connectivity index (χ1) is 11.2. The second kappa shape index (κ2) is 11.5. The Bertz CT molecular complexity index is 376. The highest BCUT2D eigenvalue weighted by Crippen LogP contribution is 2.16. The highest BCUT2D eigenvalue weighted by atomic mass is 127. The molecular weight excluding hydrogens is 417 g/mol. The van der Waals surface area contributed by atoms with Crippen LogP contribution in [0.15, 0.2) is 4.99 Å². The summed E-state index contributed by atoms with van der Waals surface area (Å²) in [4.78, 5) is 11.9. The van der Waals surface area contributed by atoms with Gasteiger partial charge in [-0.3, -0.25) is 9.89 Å². The molecule has 0 bridgehead atoms. The summed E-state index contributed by atoms with van der Waals surface area (Å²) >= 11 is 0. The maximum absolute atomic E-state index is 5.46. The Hall–Kier alpha value is -0.120. The Morgan fingerprint density at radius 3 is 2.67 bits per heavy atom. The van der Waals surface area contributed by atoms with Crippen LogP contribution in [0.25, 0.3) is 0 Å². The van der Waals surface area contributed by atoms with Gasteiger partial charge in [-0.25, -0.2) is 0 Å². The highest BCUT2D eigenvalue weighted by Gasteiger charge is 2.30. The Morgan fingerprint density at radius 1 is 1.33 bits per heavy atom. The zero-order chi connectivity index (χ0) is 16.7. The molecule has 0 amide bonds. The smallest absolute Gasteiger partial charge is 0.193 e. The molecule has 2 unspecified atom stereocenters. The molecule has 0 radical (unpaired) electrons. The van der Waals surface area contributed by atoms with Gasteiger partial charge in [-0.1, -0.05) is 6.92 Å². The zero-order valence-corrected chi connectivity index (χ0v) is 18.2. The number of guanidine groups is 1. The number of hydrogen-bond donors (Lipinski definition) is 1. The summed E-state index contributed by atoms with van der Waals surface area (Å²) in [6.07, 6.45) is 2.42. The van der Waals surface area contributed by atoms with E-state index in [1.54, 1.807) is 0 Å². The molecule has 7 heteroatoms. The fraction of sp³-hybridized carbons (Fsp3) is 0.941. The van der Waals surface area contributed by atoms with Gasteiger partial charge in [0.15, 0.2) is 5.96 Å². The maximum Gasteiger partial charge on any atom is 0.193 e. The van der Waals surface area contributed by atoms with Crippen LogP contribution in [0.5, 0.6) is 0 Å². The van der Waals surface area contributed by atoms with Crippen molar-refractivity contribution in [1.82, 2.24) is 20.0 Å². The average molecular weight is 453 g/mol. The number of nitrogens with one attached hydrogen (secondary N) is 1. The number of rotatable bonds is 6. The third-order valence-corrected chi connectivity index (χ3v) is 5.33. The summed E-state index contributed by atoms with van der Waals surface area (Å²) in [5.41, 5.74) is 0. The predicted molar refractivity (Wildman–Crippen MR) is 112 cm³/mol. The van der Waals surface area contributed by atoms with Gasteiger partial charge < -0.3 is 19.9 Å². The summed E-state index contributed by atoms with van der Waals surface area (Å²) in [5.74, 6) is 1.05. The van der Waals surface area contributed by atoms with Gasteiger partial charge in [0.05, 0.1) is 13.2 Å². The van der Waals surface area contributed by atoms with Crippen molar-refractivity contribution < 1.29 is 4.74 Å². The SMILES string of the molecule is CCC(C)N(C)CCNC(=NC)N1CCC(N2CCOCC2)C1.I. The molecule has 2 fully saturated rings. The molecule has 2 aliphatic heterocycles. The standard InChI is InChI=1S/C17H35N5O.HI/c1-5-15(2)20(4)9-7-19-17(18-3)22-8-6-16(14-22)21-10-12-23-13-11-21;/h15-16H,5-14H2,1-4H3,(H,18,19);1H. The molecule has 2 rings (SSSR count). The Labute approximate surface area is 165 Å². The molecule has 0 aromatic carbocycles. The monoisotopic (exact) mass is 453 g/mol. The molecule has 2 heterocycles. The molecule has 0 saturated carbocycles. The second-order valence-electron chi connectivity index (χ2n) is 6.75. The highest BCUT2D eigenvalue weighted by molar-refractivity contribution is 14.0. The van der Waals surface area contributed by atoms with Gasteiger partial charge in [0.25, 0.3) is 0 Å². The van der Waals surface area contributed by atoms with Crippen molar-refractivity contribution in [3.8, 4) is 0 Å². The number of nitrogens with zero attached hydrogens (tertiary/aromatic N) is 4. The number of aliphatic imine (C=N–C) groups is 1. The van der Waals surface area contributed by atoms with Gasteiger partial charge in [-0.05, 0) is 26.8 Å². The van der Waals surface area contributed by atoms with Crippen LogP contribution in [0, 0.1) is 0 Å². The van der Waals surface area contributed by atoms with Crippen molar-refractivity contribution in [2.24, 2.45) is 4.99 Å². The molecule has 2 aliphatic rings. The van der Waals surface area contributed by atoms with Crippen molar-refractivity contribution in [2.45, 2.75) is 38.8 Å². The fourth-order valence-corrected chi connectivity index (χ4v) is 3.38. The van der Waals surface area contributed by atoms with Crippen LogP contribution in [-0.4, -0.2) is 99.3 Å². The lowest BCUT2D eigenvalue weighted by Gasteiger charge is -2.32. The zero-order valence-electron chi connectivity index (χ0n) is 15.8. The molecule has 1 N–H and O–H groups in total. The maximum atomic E-state index is 5.46. The fourth-order valence-electron chi connectivity index (χ4n) is 3.38. The van der Waals surface area contributed by atoms with Gasteiger partial charge in [-0.2, -0.15) is 0 Å². The Kier molecular flexibility index (Phi) is 10.5. The van der Waals surface area contributed by atoms with Crippen LogP contribution >= 0.6 is 24.0 Å². The number of likely N-dealkylation sites (N-methyl/N-ethyl adjacent to an activating group) is 1. The van der Waals surface area contributed by atoms with E-state index in [9.17, 15) is 0 Å². The van der Waals surface area contributed by atoms with Crippen LogP contribution in [0.3, 0.4) is 0 Å². The number of ether oxygens (including phenoxy) is 1. The van der Waals surface area contributed by atoms with Gasteiger partial charge >= 0.3 is 0 Å². The van der Waals surface area contributed by atoms with Crippen molar-refractivity contribution in [3.05, 3.63) is 0 Å².